The number of nitrogens with zero attached hydrogens (tertiary/aromatic N) is 4. The second kappa shape index (κ2) is 4.19. The maximum Gasteiger partial charge on any atom is 0.220 e. The van der Waals surface area contributed by atoms with E-state index in [1.165, 1.54) is 23.5 Å². The van der Waals surface area contributed by atoms with Gasteiger partial charge in [0.15, 0.2) is 0 Å². The van der Waals surface area contributed by atoms with Gasteiger partial charge in [0.25, 0.3) is 0 Å². The van der Waals surface area contributed by atoms with Crippen molar-refractivity contribution in [1.82, 2.24) is 20.2 Å². The van der Waals surface area contributed by atoms with Gasteiger partial charge in [-0.3, -0.25) is 0 Å². The Morgan fingerprint density at radius 3 is 2.47 bits per heavy atom. The van der Waals surface area contributed by atoms with E-state index in [1.807, 2.05) is 12.5 Å². The van der Waals surface area contributed by atoms with Crippen molar-refractivity contribution in [2.45, 2.75) is 10.1 Å². The Morgan fingerprint density at radius 1 is 1.13 bits per heavy atom. The van der Waals surface area contributed by atoms with E-state index in [2.05, 4.69) is 20.2 Å². The Morgan fingerprint density at radius 2 is 1.80 bits per heavy atom. The molecule has 0 aliphatic carbocycles. The molecule has 15 heavy (non-hydrogen) atoms. The molecule has 0 spiro atoms. The molecule has 2 rings (SSSR count). The molecule has 0 aliphatic rings. The Balaban J connectivity index is 2.80. The van der Waals surface area contributed by atoms with Gasteiger partial charge in [-0.15, -0.1) is 33.7 Å². The lowest BCUT2D eigenvalue weighted by molar-refractivity contribution is 0.878. The van der Waals surface area contributed by atoms with Crippen LogP contribution in [0.15, 0.2) is 16.2 Å². The number of hydrogen-bond donors (Lipinski definition) is 1. The summed E-state index contributed by atoms with van der Waals surface area (Å²) in [6, 6.07) is 0. The quantitative estimate of drug-likeness (QED) is 0.794. The van der Waals surface area contributed by atoms with E-state index in [-0.39, 0.29) is 5.95 Å². The Bertz CT molecular complexity index is 502. The summed E-state index contributed by atoms with van der Waals surface area (Å²) in [5.74, 6) is 0.262. The lowest BCUT2D eigenvalue weighted by Gasteiger charge is -2.04. The minimum atomic E-state index is 0.262. The van der Waals surface area contributed by atoms with Gasteiger partial charge in [-0.2, -0.15) is 0 Å². The third kappa shape index (κ3) is 1.84. The lowest BCUT2D eigenvalue weighted by atomic mass is 10.3. The molecule has 0 unspecified atom stereocenters. The topological polar surface area (TPSA) is 77.6 Å². The SMILES string of the molecule is CSc1nnc(SC)c2nc(N)ncc12. The van der Waals surface area contributed by atoms with Crippen LogP contribution in [0.5, 0.6) is 0 Å². The molecule has 0 bridgehead atoms. The maximum atomic E-state index is 5.55. The van der Waals surface area contributed by atoms with E-state index >= 15 is 0 Å². The monoisotopic (exact) mass is 239 g/mol. The number of nitrogen functional groups attached to an aromatic ring is 1. The first-order valence-electron chi connectivity index (χ1n) is 4.13. The lowest BCUT2D eigenvalue weighted by Crippen LogP contribution is -1.99. The summed E-state index contributed by atoms with van der Waals surface area (Å²) >= 11 is 3.02. The van der Waals surface area contributed by atoms with Crippen LogP contribution in [0.1, 0.15) is 0 Å². The van der Waals surface area contributed by atoms with Crippen LogP contribution >= 0.6 is 23.5 Å². The second-order valence-corrected chi connectivity index (χ2v) is 4.30. The van der Waals surface area contributed by atoms with Crippen LogP contribution in [-0.2, 0) is 0 Å². The van der Waals surface area contributed by atoms with Crippen molar-refractivity contribution in [3.05, 3.63) is 6.20 Å². The van der Waals surface area contributed by atoms with Crippen molar-refractivity contribution >= 4 is 40.4 Å². The van der Waals surface area contributed by atoms with Gasteiger partial charge >= 0.3 is 0 Å². The van der Waals surface area contributed by atoms with Crippen molar-refractivity contribution in [3.8, 4) is 0 Å². The smallest absolute Gasteiger partial charge is 0.220 e. The zero-order valence-electron chi connectivity index (χ0n) is 8.26. The largest absolute Gasteiger partial charge is 0.368 e. The zero-order chi connectivity index (χ0) is 10.8. The first-order valence-corrected chi connectivity index (χ1v) is 6.58. The van der Waals surface area contributed by atoms with Crippen molar-refractivity contribution in [2.75, 3.05) is 18.2 Å². The molecule has 7 heteroatoms. The van der Waals surface area contributed by atoms with Crippen molar-refractivity contribution in [1.29, 1.82) is 0 Å². The second-order valence-electron chi connectivity index (χ2n) is 2.71. The number of anilines is 1. The third-order valence-electron chi connectivity index (χ3n) is 1.86. The Kier molecular flexibility index (Phi) is 2.92. The van der Waals surface area contributed by atoms with Crippen molar-refractivity contribution in [3.63, 3.8) is 0 Å². The highest BCUT2D eigenvalue weighted by Gasteiger charge is 2.10. The van der Waals surface area contributed by atoms with Gasteiger partial charge in [-0.25, -0.2) is 9.97 Å². The van der Waals surface area contributed by atoms with Gasteiger partial charge in [-0.05, 0) is 12.5 Å². The van der Waals surface area contributed by atoms with E-state index in [4.69, 9.17) is 5.73 Å². The van der Waals surface area contributed by atoms with Gasteiger partial charge in [0.05, 0.1) is 5.39 Å². The van der Waals surface area contributed by atoms with E-state index in [0.717, 1.165) is 21.0 Å². The van der Waals surface area contributed by atoms with Crippen LogP contribution in [0, 0.1) is 0 Å². The van der Waals surface area contributed by atoms with Gasteiger partial charge < -0.3 is 5.73 Å². The molecule has 2 aromatic heterocycles. The van der Waals surface area contributed by atoms with Gasteiger partial charge in [0.1, 0.15) is 15.6 Å². The molecule has 2 aromatic rings. The fourth-order valence-corrected chi connectivity index (χ4v) is 2.16. The number of fused-ring (bicyclic) bond motifs is 1. The molecule has 0 aromatic carbocycles. The fraction of sp³-hybridized carbons (Fsp3) is 0.250. The fourth-order valence-electron chi connectivity index (χ4n) is 1.20. The molecule has 0 saturated carbocycles. The Labute approximate surface area is 95.3 Å². The summed E-state index contributed by atoms with van der Waals surface area (Å²) in [7, 11) is 0. The Hall–Kier alpha value is -1.08. The van der Waals surface area contributed by atoms with E-state index in [0.29, 0.717) is 0 Å². The van der Waals surface area contributed by atoms with Crippen LogP contribution in [0.4, 0.5) is 5.95 Å². The molecule has 78 valence electrons. The highest BCUT2D eigenvalue weighted by atomic mass is 32.2. The van der Waals surface area contributed by atoms with E-state index < -0.39 is 0 Å². The normalized spacial score (nSPS) is 10.8. The zero-order valence-corrected chi connectivity index (χ0v) is 9.89. The molecule has 5 nitrogen and oxygen atoms in total. The van der Waals surface area contributed by atoms with Gasteiger partial charge in [-0.1, -0.05) is 0 Å². The van der Waals surface area contributed by atoms with Crippen LogP contribution < -0.4 is 5.73 Å². The highest BCUT2D eigenvalue weighted by Crippen LogP contribution is 2.27. The van der Waals surface area contributed by atoms with E-state index in [9.17, 15) is 0 Å². The van der Waals surface area contributed by atoms with Gasteiger partial charge in [0.2, 0.25) is 5.95 Å². The first-order chi connectivity index (χ1) is 7.26. The molecule has 2 heterocycles. The molecule has 2 N–H and O–H groups in total. The van der Waals surface area contributed by atoms with Crippen LogP contribution in [0.3, 0.4) is 0 Å². The molecule has 0 radical (unpaired) electrons. The summed E-state index contributed by atoms with van der Waals surface area (Å²) < 4.78 is 0. The number of nitrogens with two attached hydrogens (primary N) is 1. The van der Waals surface area contributed by atoms with Crippen LogP contribution in [-0.4, -0.2) is 32.7 Å². The number of thioether (sulfide) groups is 2. The minimum absolute atomic E-state index is 0.262. The number of hydrogen-bond acceptors (Lipinski definition) is 7. The molecule has 0 fully saturated rings. The average molecular weight is 239 g/mol. The summed E-state index contributed by atoms with van der Waals surface area (Å²) in [5, 5.41) is 10.7. The average Bonchev–Trinajstić information content (AvgIpc) is 2.27. The molecular weight excluding hydrogens is 230 g/mol. The molecule has 0 atom stereocenters. The van der Waals surface area contributed by atoms with E-state index in [1.54, 1.807) is 6.20 Å². The molecular formula is C8H9N5S2. The standard InChI is InChI=1S/C8H9N5S2/c1-14-6-4-3-10-8(9)11-5(4)7(15-2)13-12-6/h3H,1-2H3,(H2,9,10,11). The summed E-state index contributed by atoms with van der Waals surface area (Å²) in [5.41, 5.74) is 6.33. The highest BCUT2D eigenvalue weighted by molar-refractivity contribution is 7.99. The summed E-state index contributed by atoms with van der Waals surface area (Å²) in [6.45, 7) is 0. The molecule has 0 aliphatic heterocycles. The first kappa shape index (κ1) is 10.4. The summed E-state index contributed by atoms with van der Waals surface area (Å²) in [4.78, 5) is 8.15. The van der Waals surface area contributed by atoms with Crippen molar-refractivity contribution in [2.24, 2.45) is 0 Å². The predicted molar refractivity (Wildman–Crippen MR) is 63.1 cm³/mol. The number of aromatic nitrogens is 4. The summed E-state index contributed by atoms with van der Waals surface area (Å²) in [6.07, 6.45) is 5.57. The molecule has 0 saturated heterocycles. The van der Waals surface area contributed by atoms with Crippen LogP contribution in [0.25, 0.3) is 10.9 Å². The molecule has 0 amide bonds. The van der Waals surface area contributed by atoms with Gasteiger partial charge in [0, 0.05) is 6.20 Å². The third-order valence-corrected chi connectivity index (χ3v) is 3.21. The minimum Gasteiger partial charge on any atom is -0.368 e. The predicted octanol–water partition coefficient (Wildman–Crippen LogP) is 1.45. The maximum absolute atomic E-state index is 5.55. The number of rotatable bonds is 2. The van der Waals surface area contributed by atoms with Crippen molar-refractivity contribution < 1.29 is 0 Å². The van der Waals surface area contributed by atoms with Crippen LogP contribution in [0.2, 0.25) is 0 Å².